The van der Waals surface area contributed by atoms with Crippen LogP contribution in [0.3, 0.4) is 0 Å². The molecule has 42 heavy (non-hydrogen) atoms. The first-order chi connectivity index (χ1) is 19.6. The van der Waals surface area contributed by atoms with Gasteiger partial charge in [0.25, 0.3) is 0 Å². The fourth-order valence-corrected chi connectivity index (χ4v) is 7.09. The van der Waals surface area contributed by atoms with Gasteiger partial charge in [0, 0.05) is 21.4 Å². The second-order valence-corrected chi connectivity index (χ2v) is 13.3. The first-order valence-corrected chi connectivity index (χ1v) is 15.5. The van der Waals surface area contributed by atoms with Crippen molar-refractivity contribution in [2.24, 2.45) is 5.41 Å². The summed E-state index contributed by atoms with van der Waals surface area (Å²) < 4.78 is 0. The number of hydrogen-bond donors (Lipinski definition) is 2. The zero-order valence-electron chi connectivity index (χ0n) is 24.5. The van der Waals surface area contributed by atoms with Gasteiger partial charge in [-0.05, 0) is 91.5 Å². The van der Waals surface area contributed by atoms with Gasteiger partial charge in [0.15, 0.2) is 0 Å². The van der Waals surface area contributed by atoms with E-state index in [0.29, 0.717) is 5.02 Å². The van der Waals surface area contributed by atoms with Crippen LogP contribution < -0.4 is 29.6 Å². The van der Waals surface area contributed by atoms with Crippen molar-refractivity contribution in [1.29, 1.82) is 0 Å². The van der Waals surface area contributed by atoms with Gasteiger partial charge in [-0.15, -0.1) is 0 Å². The molecule has 0 amide bonds. The third-order valence-electron chi connectivity index (χ3n) is 7.83. The summed E-state index contributed by atoms with van der Waals surface area (Å²) in [5.74, 6) is 0.122. The number of carboxylic acids is 1. The number of hydrogen-bond acceptors (Lipinski definition) is 4. The van der Waals surface area contributed by atoms with E-state index in [2.05, 4.69) is 42.5 Å². The Labute approximate surface area is 279 Å². The summed E-state index contributed by atoms with van der Waals surface area (Å²) in [4.78, 5) is 16.2. The van der Waals surface area contributed by atoms with Crippen LogP contribution in [0.25, 0.3) is 23.1 Å². The number of aryl methyl sites for hydroxylation is 1. The Morgan fingerprint density at radius 2 is 1.81 bits per heavy atom. The molecule has 2 N–H and O–H groups in total. The van der Waals surface area contributed by atoms with Crippen LogP contribution >= 0.6 is 23.4 Å². The van der Waals surface area contributed by atoms with Crippen LogP contribution in [0.1, 0.15) is 72.7 Å². The number of benzene rings is 3. The van der Waals surface area contributed by atoms with E-state index in [1.54, 1.807) is 0 Å². The van der Waals surface area contributed by atoms with Crippen LogP contribution in [-0.2, 0) is 16.8 Å². The van der Waals surface area contributed by atoms with Crippen LogP contribution in [-0.4, -0.2) is 26.9 Å². The molecule has 1 fully saturated rings. The smallest absolute Gasteiger partial charge is 0.481 e. The van der Waals surface area contributed by atoms with E-state index in [4.69, 9.17) is 16.6 Å². The van der Waals surface area contributed by atoms with E-state index in [-0.39, 0.29) is 46.6 Å². The van der Waals surface area contributed by atoms with Gasteiger partial charge < -0.3 is 10.2 Å². The summed E-state index contributed by atoms with van der Waals surface area (Å²) in [6, 6.07) is 26.5. The number of carbonyl (C=O) groups is 1. The standard InChI is InChI=1S/C35H36ClNO3S.Na/c1-34(2,40)30-9-4-3-7-25(30)13-17-32(41-23-35(18-19-35)22-33(38)39)27-8-5-6-24(20-27)10-15-29-16-12-26-11-14-28(36)21-31(26)37-29;/h3-12,14-16,20-21,32,40H,13,17-19,22-23H2,1-2H3,(H,38,39);/q;+1/b15-10+;/t32-;/m0./s1. The molecule has 5 rings (SSSR count). The molecule has 0 aliphatic heterocycles. The predicted molar refractivity (Wildman–Crippen MR) is 171 cm³/mol. The number of aliphatic hydroxyl groups is 1. The van der Waals surface area contributed by atoms with Gasteiger partial charge in [0.1, 0.15) is 0 Å². The molecule has 3 aromatic carbocycles. The van der Waals surface area contributed by atoms with Crippen LogP contribution in [0.2, 0.25) is 5.02 Å². The molecule has 1 heterocycles. The molecule has 0 radical (unpaired) electrons. The quantitative estimate of drug-likeness (QED) is 0.195. The molecule has 1 saturated carbocycles. The molecule has 0 spiro atoms. The summed E-state index contributed by atoms with van der Waals surface area (Å²) in [6.07, 6.45) is 8.02. The molecule has 4 nitrogen and oxygen atoms in total. The molecule has 212 valence electrons. The first-order valence-electron chi connectivity index (χ1n) is 14.1. The number of aromatic nitrogens is 1. The van der Waals surface area contributed by atoms with E-state index in [0.717, 1.165) is 64.7 Å². The minimum atomic E-state index is -0.911. The summed E-state index contributed by atoms with van der Waals surface area (Å²) in [7, 11) is 0. The fourth-order valence-electron chi connectivity index (χ4n) is 5.36. The molecule has 1 aliphatic rings. The van der Waals surface area contributed by atoms with Crippen molar-refractivity contribution in [3.63, 3.8) is 0 Å². The number of aliphatic carboxylic acids is 1. The number of thioether (sulfide) groups is 1. The van der Waals surface area contributed by atoms with E-state index >= 15 is 0 Å². The Kier molecular flexibility index (Phi) is 11.0. The molecule has 1 aliphatic carbocycles. The molecular weight excluding hydrogens is 573 g/mol. The van der Waals surface area contributed by atoms with Crippen molar-refractivity contribution in [2.45, 2.75) is 56.8 Å². The summed E-state index contributed by atoms with van der Waals surface area (Å²) in [5, 5.41) is 22.1. The molecule has 4 aromatic rings. The van der Waals surface area contributed by atoms with Crippen molar-refractivity contribution in [3.8, 4) is 0 Å². The molecule has 7 heteroatoms. The number of nitrogens with zero attached hydrogens (tertiary/aromatic N) is 1. The van der Waals surface area contributed by atoms with Gasteiger partial charge in [0.05, 0.1) is 23.2 Å². The van der Waals surface area contributed by atoms with Gasteiger partial charge in [0.2, 0.25) is 0 Å². The number of halogens is 1. The van der Waals surface area contributed by atoms with E-state index < -0.39 is 11.6 Å². The summed E-state index contributed by atoms with van der Waals surface area (Å²) >= 11 is 8.04. The topological polar surface area (TPSA) is 70.4 Å². The molecule has 0 unspecified atom stereocenters. The Morgan fingerprint density at radius 3 is 2.55 bits per heavy atom. The number of rotatable bonds is 12. The van der Waals surface area contributed by atoms with Gasteiger partial charge in [-0.1, -0.05) is 78.3 Å². The Hall–Kier alpha value is -2.12. The largest absolute Gasteiger partial charge is 1.00 e. The Morgan fingerprint density at radius 1 is 1.05 bits per heavy atom. The van der Waals surface area contributed by atoms with Gasteiger partial charge in [-0.3, -0.25) is 4.79 Å². The normalized spacial score (nSPS) is 15.0. The first kappa shape index (κ1) is 32.8. The fraction of sp³-hybridized carbons (Fsp3) is 0.314. The number of carboxylic acid groups (broad SMARTS) is 1. The van der Waals surface area contributed by atoms with E-state index in [1.807, 2.05) is 74.1 Å². The zero-order chi connectivity index (χ0) is 29.0. The van der Waals surface area contributed by atoms with Gasteiger partial charge >= 0.3 is 35.5 Å². The minimum absolute atomic E-state index is 0. The maximum atomic E-state index is 11.5. The monoisotopic (exact) mass is 608 g/mol. The molecular formula is C35H36ClNNaO3S+. The second-order valence-electron chi connectivity index (χ2n) is 11.7. The molecule has 1 atom stereocenters. The van der Waals surface area contributed by atoms with E-state index in [1.165, 1.54) is 5.56 Å². The second kappa shape index (κ2) is 14.1. The maximum absolute atomic E-state index is 11.5. The Bertz CT molecular complexity index is 1580. The van der Waals surface area contributed by atoms with Gasteiger partial charge in [-0.2, -0.15) is 11.8 Å². The average molecular weight is 609 g/mol. The van der Waals surface area contributed by atoms with Crippen LogP contribution in [0, 0.1) is 5.41 Å². The molecule has 1 aromatic heterocycles. The van der Waals surface area contributed by atoms with Crippen molar-refractivity contribution in [3.05, 3.63) is 112 Å². The SMILES string of the molecule is CC(C)(O)c1ccccc1CC[C@H](SCC1(CC(=O)O)CC1)c1cccc(/C=C/c2ccc3ccc(Cl)cc3n2)c1.[Na+]. The number of pyridine rings is 1. The van der Waals surface area contributed by atoms with Crippen LogP contribution in [0.4, 0.5) is 0 Å². The summed E-state index contributed by atoms with van der Waals surface area (Å²) in [5.41, 5.74) is 5.15. The molecule has 0 saturated heterocycles. The van der Waals surface area contributed by atoms with Gasteiger partial charge in [-0.25, -0.2) is 4.98 Å². The summed E-state index contributed by atoms with van der Waals surface area (Å²) in [6.45, 7) is 3.66. The Balaban J connectivity index is 0.00000405. The maximum Gasteiger partial charge on any atom is 1.00 e. The number of fused-ring (bicyclic) bond motifs is 1. The van der Waals surface area contributed by atoms with Crippen molar-refractivity contribution in [1.82, 2.24) is 4.98 Å². The van der Waals surface area contributed by atoms with E-state index in [9.17, 15) is 15.0 Å². The predicted octanol–water partition coefficient (Wildman–Crippen LogP) is 5.95. The van der Waals surface area contributed by atoms with Crippen molar-refractivity contribution in [2.75, 3.05) is 5.75 Å². The van der Waals surface area contributed by atoms with Crippen LogP contribution in [0.15, 0.2) is 78.9 Å². The zero-order valence-corrected chi connectivity index (χ0v) is 28.1. The van der Waals surface area contributed by atoms with Crippen molar-refractivity contribution >= 4 is 52.4 Å². The minimum Gasteiger partial charge on any atom is -0.481 e. The third kappa shape index (κ3) is 8.72. The van der Waals surface area contributed by atoms with Crippen LogP contribution in [0.5, 0.6) is 0 Å². The van der Waals surface area contributed by atoms with Crippen molar-refractivity contribution < 1.29 is 44.6 Å². The third-order valence-corrected chi connectivity index (χ3v) is 9.76. The average Bonchev–Trinajstić information content (AvgIpc) is 3.70. The molecule has 0 bridgehead atoms.